The number of ether oxygens (including phenoxy) is 1. The molecule has 0 saturated heterocycles. The van der Waals surface area contributed by atoms with Crippen LogP contribution >= 0.6 is 0 Å². The quantitative estimate of drug-likeness (QED) is 0.610. The molecular weight excluding hydrogens is 388 g/mol. The summed E-state index contributed by atoms with van der Waals surface area (Å²) >= 11 is 0. The number of amides is 1. The van der Waals surface area contributed by atoms with E-state index in [9.17, 15) is 13.2 Å². The Morgan fingerprint density at radius 1 is 1.07 bits per heavy atom. The average molecular weight is 419 g/mol. The van der Waals surface area contributed by atoms with Crippen molar-refractivity contribution in [1.29, 1.82) is 0 Å². The van der Waals surface area contributed by atoms with E-state index >= 15 is 0 Å². The summed E-state index contributed by atoms with van der Waals surface area (Å²) < 4.78 is 32.7. The van der Waals surface area contributed by atoms with Crippen molar-refractivity contribution < 1.29 is 17.9 Å². The Morgan fingerprint density at radius 2 is 1.79 bits per heavy atom. The molecule has 6 nitrogen and oxygen atoms in total. The number of hydrogen-bond acceptors (Lipinski definition) is 4. The summed E-state index contributed by atoms with van der Waals surface area (Å²) in [5, 5.41) is 2.94. The molecule has 0 aliphatic rings. The number of carbonyl (C=O) groups is 1. The summed E-state index contributed by atoms with van der Waals surface area (Å²) in [5.41, 5.74) is 3.96. The van der Waals surface area contributed by atoms with Gasteiger partial charge in [-0.1, -0.05) is 23.8 Å². The predicted molar refractivity (Wildman–Crippen MR) is 115 cm³/mol. The number of aryl methyl sites for hydroxylation is 3. The lowest BCUT2D eigenvalue weighted by atomic mass is 10.0. The van der Waals surface area contributed by atoms with Gasteiger partial charge in [0, 0.05) is 18.5 Å². The normalized spacial score (nSPS) is 12.4. The van der Waals surface area contributed by atoms with Gasteiger partial charge in [-0.2, -0.15) is 0 Å². The third-order valence-corrected chi connectivity index (χ3v) is 6.35. The van der Waals surface area contributed by atoms with Crippen LogP contribution in [-0.2, 0) is 14.8 Å². The molecule has 2 aromatic carbocycles. The van der Waals surface area contributed by atoms with Crippen LogP contribution in [0.1, 0.15) is 48.1 Å². The number of benzene rings is 2. The highest BCUT2D eigenvalue weighted by atomic mass is 32.2. The summed E-state index contributed by atoms with van der Waals surface area (Å²) in [6, 6.07) is 10.7. The summed E-state index contributed by atoms with van der Waals surface area (Å²) in [6.45, 7) is 7.90. The van der Waals surface area contributed by atoms with Crippen molar-refractivity contribution in [2.45, 2.75) is 51.5 Å². The SMILES string of the molecule is COc1ccc(C)cc1[C@H](C)NC(=O)CCCNS(=O)(=O)c1ccc(C)c(C)c1. The van der Waals surface area contributed by atoms with Gasteiger partial charge in [-0.15, -0.1) is 0 Å². The third kappa shape index (κ3) is 6.30. The van der Waals surface area contributed by atoms with E-state index in [1.165, 1.54) is 0 Å². The van der Waals surface area contributed by atoms with E-state index in [2.05, 4.69) is 10.0 Å². The van der Waals surface area contributed by atoms with Crippen LogP contribution in [0.4, 0.5) is 0 Å². The van der Waals surface area contributed by atoms with Crippen molar-refractivity contribution in [3.05, 3.63) is 58.7 Å². The van der Waals surface area contributed by atoms with Crippen LogP contribution in [0.5, 0.6) is 5.75 Å². The largest absolute Gasteiger partial charge is 0.496 e. The van der Waals surface area contributed by atoms with Crippen molar-refractivity contribution in [1.82, 2.24) is 10.0 Å². The highest BCUT2D eigenvalue weighted by Crippen LogP contribution is 2.26. The first-order chi connectivity index (χ1) is 13.6. The minimum Gasteiger partial charge on any atom is -0.496 e. The van der Waals surface area contributed by atoms with E-state index in [4.69, 9.17) is 4.74 Å². The molecule has 0 aromatic heterocycles. The van der Waals surface area contributed by atoms with Crippen LogP contribution in [0.15, 0.2) is 41.3 Å². The second kappa shape index (κ2) is 9.89. The second-order valence-corrected chi connectivity index (χ2v) is 9.05. The summed E-state index contributed by atoms with van der Waals surface area (Å²) in [5.74, 6) is 0.594. The molecule has 2 N–H and O–H groups in total. The third-order valence-electron chi connectivity index (χ3n) is 4.89. The van der Waals surface area contributed by atoms with Crippen LogP contribution < -0.4 is 14.8 Å². The van der Waals surface area contributed by atoms with E-state index < -0.39 is 10.0 Å². The van der Waals surface area contributed by atoms with E-state index in [0.717, 1.165) is 28.0 Å². The maximum absolute atomic E-state index is 12.4. The van der Waals surface area contributed by atoms with Crippen LogP contribution in [0.3, 0.4) is 0 Å². The fourth-order valence-corrected chi connectivity index (χ4v) is 4.16. The summed E-state index contributed by atoms with van der Waals surface area (Å²) in [6.07, 6.45) is 0.640. The molecule has 0 heterocycles. The molecule has 0 fully saturated rings. The predicted octanol–water partition coefficient (Wildman–Crippen LogP) is 3.56. The molecule has 29 heavy (non-hydrogen) atoms. The molecule has 0 unspecified atom stereocenters. The first-order valence-electron chi connectivity index (χ1n) is 9.65. The molecule has 2 rings (SSSR count). The fourth-order valence-electron chi connectivity index (χ4n) is 3.00. The lowest BCUT2D eigenvalue weighted by Gasteiger charge is -2.18. The molecule has 0 spiro atoms. The van der Waals surface area contributed by atoms with Gasteiger partial charge in [0.05, 0.1) is 18.0 Å². The number of carbonyl (C=O) groups excluding carboxylic acids is 1. The fraction of sp³-hybridized carbons (Fsp3) is 0.409. The van der Waals surface area contributed by atoms with Gasteiger partial charge in [0.1, 0.15) is 5.75 Å². The minimum atomic E-state index is -3.58. The Hall–Kier alpha value is -2.38. The smallest absolute Gasteiger partial charge is 0.240 e. The maximum atomic E-state index is 12.4. The Labute approximate surface area is 173 Å². The average Bonchev–Trinajstić information content (AvgIpc) is 2.67. The molecule has 2 aromatic rings. The second-order valence-electron chi connectivity index (χ2n) is 7.28. The summed E-state index contributed by atoms with van der Waals surface area (Å²) in [4.78, 5) is 12.5. The van der Waals surface area contributed by atoms with Crippen LogP contribution in [0.2, 0.25) is 0 Å². The molecule has 158 valence electrons. The molecule has 0 aliphatic heterocycles. The van der Waals surface area contributed by atoms with Crippen molar-refractivity contribution in [3.63, 3.8) is 0 Å². The van der Waals surface area contributed by atoms with Crippen LogP contribution in [0.25, 0.3) is 0 Å². The molecule has 0 saturated carbocycles. The van der Waals surface area contributed by atoms with E-state index in [-0.39, 0.29) is 29.8 Å². The Bertz CT molecular complexity index is 971. The number of hydrogen-bond donors (Lipinski definition) is 2. The van der Waals surface area contributed by atoms with Gasteiger partial charge in [0.25, 0.3) is 0 Å². The van der Waals surface area contributed by atoms with Gasteiger partial charge in [-0.05, 0) is 63.4 Å². The lowest BCUT2D eigenvalue weighted by molar-refractivity contribution is -0.121. The van der Waals surface area contributed by atoms with Crippen LogP contribution in [-0.4, -0.2) is 28.0 Å². The van der Waals surface area contributed by atoms with Gasteiger partial charge >= 0.3 is 0 Å². The highest BCUT2D eigenvalue weighted by molar-refractivity contribution is 7.89. The van der Waals surface area contributed by atoms with Gasteiger partial charge in [-0.25, -0.2) is 13.1 Å². The van der Waals surface area contributed by atoms with Gasteiger partial charge < -0.3 is 10.1 Å². The van der Waals surface area contributed by atoms with Gasteiger partial charge in [-0.3, -0.25) is 4.79 Å². The topological polar surface area (TPSA) is 84.5 Å². The molecular formula is C22H30N2O4S. The molecule has 1 atom stereocenters. The van der Waals surface area contributed by atoms with Crippen molar-refractivity contribution in [2.24, 2.45) is 0 Å². The van der Waals surface area contributed by atoms with E-state index in [1.807, 2.05) is 45.9 Å². The molecule has 7 heteroatoms. The molecule has 0 bridgehead atoms. The van der Waals surface area contributed by atoms with Crippen molar-refractivity contribution in [2.75, 3.05) is 13.7 Å². The van der Waals surface area contributed by atoms with Crippen molar-refractivity contribution in [3.8, 4) is 5.75 Å². The zero-order valence-corrected chi connectivity index (χ0v) is 18.5. The molecule has 0 aliphatic carbocycles. The van der Waals surface area contributed by atoms with E-state index in [0.29, 0.717) is 6.42 Å². The standard InChI is InChI=1S/C22H30N2O4S/c1-15-8-11-21(28-5)20(13-15)18(4)24-22(25)7-6-12-23-29(26,27)19-10-9-16(2)17(3)14-19/h8-11,13-14,18,23H,6-7,12H2,1-5H3,(H,24,25)/t18-/m0/s1. The van der Waals surface area contributed by atoms with E-state index in [1.54, 1.807) is 25.3 Å². The number of sulfonamides is 1. The van der Waals surface area contributed by atoms with Crippen LogP contribution in [0, 0.1) is 20.8 Å². The zero-order chi connectivity index (χ0) is 21.6. The first-order valence-corrected chi connectivity index (χ1v) is 11.1. The number of nitrogens with one attached hydrogen (secondary N) is 2. The number of methoxy groups -OCH3 is 1. The Morgan fingerprint density at radius 3 is 2.45 bits per heavy atom. The maximum Gasteiger partial charge on any atom is 0.240 e. The zero-order valence-electron chi connectivity index (χ0n) is 17.7. The Kier molecular flexibility index (Phi) is 7.81. The summed E-state index contributed by atoms with van der Waals surface area (Å²) in [7, 11) is -1.97. The minimum absolute atomic E-state index is 0.133. The lowest BCUT2D eigenvalue weighted by Crippen LogP contribution is -2.29. The Balaban J connectivity index is 1.85. The molecule has 1 amide bonds. The van der Waals surface area contributed by atoms with Crippen molar-refractivity contribution >= 4 is 15.9 Å². The monoisotopic (exact) mass is 418 g/mol. The molecule has 0 radical (unpaired) electrons. The first kappa shape index (κ1) is 22.9. The number of rotatable bonds is 9. The van der Waals surface area contributed by atoms with Gasteiger partial charge in [0.2, 0.25) is 15.9 Å². The van der Waals surface area contributed by atoms with Gasteiger partial charge in [0.15, 0.2) is 0 Å². The highest BCUT2D eigenvalue weighted by Gasteiger charge is 2.16.